The third-order valence-electron chi connectivity index (χ3n) is 3.32. The second kappa shape index (κ2) is 7.19. The molecule has 0 saturated heterocycles. The number of rotatable bonds is 7. The van der Waals surface area contributed by atoms with E-state index in [1.54, 1.807) is 6.92 Å². The topological polar surface area (TPSA) is 49.3 Å². The van der Waals surface area contributed by atoms with E-state index < -0.39 is 0 Å². The van der Waals surface area contributed by atoms with Crippen molar-refractivity contribution in [1.82, 2.24) is 14.9 Å². The number of nitrogens with zero attached hydrogens (tertiary/aromatic N) is 4. The minimum absolute atomic E-state index is 0.134. The Bertz CT molecular complexity index is 400. The molecule has 5 nitrogen and oxygen atoms in total. The van der Waals surface area contributed by atoms with Crippen LogP contribution in [0.4, 0.5) is 5.95 Å². The van der Waals surface area contributed by atoms with Gasteiger partial charge in [0.15, 0.2) is 0 Å². The third kappa shape index (κ3) is 4.28. The van der Waals surface area contributed by atoms with Crippen LogP contribution in [0.2, 0.25) is 0 Å². The highest BCUT2D eigenvalue weighted by atomic mass is 16.1. The van der Waals surface area contributed by atoms with Gasteiger partial charge in [0.1, 0.15) is 5.78 Å². The van der Waals surface area contributed by atoms with Crippen molar-refractivity contribution in [3.63, 3.8) is 0 Å². The van der Waals surface area contributed by atoms with Crippen LogP contribution >= 0.6 is 0 Å². The number of carbonyl (C=O) groups is 1. The smallest absolute Gasteiger partial charge is 0.225 e. The van der Waals surface area contributed by atoms with Gasteiger partial charge in [-0.2, -0.15) is 0 Å². The first-order valence-corrected chi connectivity index (χ1v) is 6.76. The van der Waals surface area contributed by atoms with Gasteiger partial charge in [-0.1, -0.05) is 0 Å². The third-order valence-corrected chi connectivity index (χ3v) is 3.32. The zero-order valence-corrected chi connectivity index (χ0v) is 12.6. The molecular formula is C14H24N4O. The van der Waals surface area contributed by atoms with Gasteiger partial charge in [-0.3, -0.25) is 9.69 Å². The van der Waals surface area contributed by atoms with Gasteiger partial charge in [0.2, 0.25) is 5.95 Å². The van der Waals surface area contributed by atoms with Crippen molar-refractivity contribution in [1.29, 1.82) is 0 Å². The van der Waals surface area contributed by atoms with Crippen LogP contribution in [0.3, 0.4) is 0 Å². The van der Waals surface area contributed by atoms with Gasteiger partial charge in [-0.15, -0.1) is 0 Å². The molecule has 1 aromatic rings. The molecule has 0 radical (unpaired) electrons. The van der Waals surface area contributed by atoms with E-state index in [0.717, 1.165) is 24.6 Å². The summed E-state index contributed by atoms with van der Waals surface area (Å²) in [5, 5.41) is 0. The van der Waals surface area contributed by atoms with E-state index in [1.165, 1.54) is 0 Å². The summed E-state index contributed by atoms with van der Waals surface area (Å²) in [6, 6.07) is 0.134. The summed E-state index contributed by atoms with van der Waals surface area (Å²) in [6.45, 7) is 10.1. The van der Waals surface area contributed by atoms with Crippen LogP contribution in [0.15, 0.2) is 12.4 Å². The van der Waals surface area contributed by atoms with Gasteiger partial charge in [-0.25, -0.2) is 9.97 Å². The van der Waals surface area contributed by atoms with Crippen molar-refractivity contribution in [3.8, 4) is 0 Å². The molecule has 1 unspecified atom stereocenters. The Morgan fingerprint density at radius 2 is 1.79 bits per heavy atom. The van der Waals surface area contributed by atoms with E-state index in [9.17, 15) is 4.79 Å². The molecule has 0 amide bonds. The minimum atomic E-state index is 0.134. The molecule has 0 aliphatic carbocycles. The first-order valence-electron chi connectivity index (χ1n) is 6.76. The van der Waals surface area contributed by atoms with E-state index >= 15 is 0 Å². The lowest BCUT2D eigenvalue weighted by molar-refractivity contribution is -0.118. The van der Waals surface area contributed by atoms with Crippen LogP contribution in [0.5, 0.6) is 0 Å². The average molecular weight is 264 g/mol. The summed E-state index contributed by atoms with van der Waals surface area (Å²) >= 11 is 0. The number of aromatic nitrogens is 2. The zero-order chi connectivity index (χ0) is 14.4. The number of carbonyl (C=O) groups excluding carboxylic acids is 1. The van der Waals surface area contributed by atoms with Crippen LogP contribution in [0, 0.1) is 0 Å². The van der Waals surface area contributed by atoms with Crippen molar-refractivity contribution in [2.24, 2.45) is 0 Å². The second-order valence-electron chi connectivity index (χ2n) is 4.78. The summed E-state index contributed by atoms with van der Waals surface area (Å²) in [4.78, 5) is 24.0. The molecule has 1 aromatic heterocycles. The van der Waals surface area contributed by atoms with Gasteiger partial charge in [0.05, 0.1) is 6.54 Å². The quantitative estimate of drug-likeness (QED) is 0.753. The highest BCUT2D eigenvalue weighted by Gasteiger charge is 2.14. The number of hydrogen-bond donors (Lipinski definition) is 0. The highest BCUT2D eigenvalue weighted by Crippen LogP contribution is 2.18. The van der Waals surface area contributed by atoms with Crippen LogP contribution in [0.1, 0.15) is 39.3 Å². The number of Topliss-reactive ketones (excluding diaryl/α,β-unsaturated/α-hetero) is 1. The predicted octanol–water partition coefficient (Wildman–Crippen LogP) is 1.90. The lowest BCUT2D eigenvalue weighted by atomic mass is 10.1. The summed E-state index contributed by atoms with van der Waals surface area (Å²) < 4.78 is 0. The van der Waals surface area contributed by atoms with Crippen LogP contribution < -0.4 is 4.90 Å². The summed E-state index contributed by atoms with van der Waals surface area (Å²) in [5.74, 6) is 0.921. The molecule has 0 aliphatic rings. The minimum Gasteiger partial charge on any atom is -0.341 e. The molecule has 1 rings (SSSR count). The summed E-state index contributed by atoms with van der Waals surface area (Å²) in [5.41, 5.74) is 1.03. The van der Waals surface area contributed by atoms with Crippen LogP contribution in [-0.2, 0) is 4.79 Å². The maximum atomic E-state index is 11.1. The van der Waals surface area contributed by atoms with Crippen LogP contribution in [0.25, 0.3) is 0 Å². The van der Waals surface area contributed by atoms with E-state index in [0.29, 0.717) is 6.54 Å². The first kappa shape index (κ1) is 15.6. The van der Waals surface area contributed by atoms with Gasteiger partial charge in [0.25, 0.3) is 0 Å². The van der Waals surface area contributed by atoms with Gasteiger partial charge in [0, 0.05) is 37.1 Å². The SMILES string of the molecule is CCN(CC)c1ncc(C(C)N(C)CC(C)=O)cn1. The number of ketones is 1. The lowest BCUT2D eigenvalue weighted by Crippen LogP contribution is -2.28. The Balaban J connectivity index is 2.77. The van der Waals surface area contributed by atoms with Crippen molar-refractivity contribution >= 4 is 11.7 Å². The average Bonchev–Trinajstić information content (AvgIpc) is 2.39. The Kier molecular flexibility index (Phi) is 5.89. The highest BCUT2D eigenvalue weighted by molar-refractivity contribution is 5.77. The van der Waals surface area contributed by atoms with E-state index in [-0.39, 0.29) is 11.8 Å². The first-order chi connectivity index (χ1) is 8.99. The molecule has 0 aliphatic heterocycles. The molecule has 5 heteroatoms. The van der Waals surface area contributed by atoms with Gasteiger partial charge in [-0.05, 0) is 34.7 Å². The fourth-order valence-corrected chi connectivity index (χ4v) is 1.96. The standard InChI is InChI=1S/C14H24N4O/c1-6-18(7-2)14-15-8-13(9-16-14)12(4)17(5)10-11(3)19/h8-9,12H,6-7,10H2,1-5H3. The van der Waals surface area contributed by atoms with Crippen molar-refractivity contribution in [2.75, 3.05) is 31.6 Å². The van der Waals surface area contributed by atoms with Crippen molar-refractivity contribution in [2.45, 2.75) is 33.7 Å². The lowest BCUT2D eigenvalue weighted by Gasteiger charge is -2.24. The molecule has 0 fully saturated rings. The summed E-state index contributed by atoms with van der Waals surface area (Å²) in [6.07, 6.45) is 3.70. The maximum Gasteiger partial charge on any atom is 0.225 e. The number of hydrogen-bond acceptors (Lipinski definition) is 5. The Hall–Kier alpha value is -1.49. The predicted molar refractivity (Wildman–Crippen MR) is 77.3 cm³/mol. The molecule has 1 atom stereocenters. The van der Waals surface area contributed by atoms with Crippen molar-refractivity contribution < 1.29 is 4.79 Å². The monoisotopic (exact) mass is 264 g/mol. The molecule has 0 spiro atoms. The fourth-order valence-electron chi connectivity index (χ4n) is 1.96. The number of anilines is 1. The zero-order valence-electron chi connectivity index (χ0n) is 12.6. The molecule has 19 heavy (non-hydrogen) atoms. The Morgan fingerprint density at radius 3 is 2.21 bits per heavy atom. The maximum absolute atomic E-state index is 11.1. The molecule has 0 aromatic carbocycles. The largest absolute Gasteiger partial charge is 0.341 e. The Labute approximate surface area is 115 Å². The molecule has 0 N–H and O–H groups in total. The van der Waals surface area contributed by atoms with E-state index in [4.69, 9.17) is 0 Å². The molecule has 0 saturated carbocycles. The fraction of sp³-hybridized carbons (Fsp3) is 0.643. The molecular weight excluding hydrogens is 240 g/mol. The van der Waals surface area contributed by atoms with Crippen molar-refractivity contribution in [3.05, 3.63) is 18.0 Å². The number of likely N-dealkylation sites (N-methyl/N-ethyl adjacent to an activating group) is 1. The summed E-state index contributed by atoms with van der Waals surface area (Å²) in [7, 11) is 1.93. The van der Waals surface area contributed by atoms with E-state index in [2.05, 4.69) is 35.6 Å². The molecule has 1 heterocycles. The Morgan fingerprint density at radius 1 is 1.26 bits per heavy atom. The molecule has 106 valence electrons. The van der Waals surface area contributed by atoms with Gasteiger partial charge >= 0.3 is 0 Å². The normalized spacial score (nSPS) is 12.5. The second-order valence-corrected chi connectivity index (χ2v) is 4.78. The molecule has 0 bridgehead atoms. The van der Waals surface area contributed by atoms with E-state index in [1.807, 2.05) is 24.3 Å². The van der Waals surface area contributed by atoms with Gasteiger partial charge < -0.3 is 4.90 Å². The van der Waals surface area contributed by atoms with Crippen LogP contribution in [-0.4, -0.2) is 47.3 Å².